The zero-order valence-electron chi connectivity index (χ0n) is 19.6. The third-order valence-corrected chi connectivity index (χ3v) is 5.46. The van der Waals surface area contributed by atoms with Crippen molar-refractivity contribution in [2.24, 2.45) is 0 Å². The highest BCUT2D eigenvalue weighted by atomic mass is 35.5. The van der Waals surface area contributed by atoms with E-state index in [1.54, 1.807) is 26.0 Å². The molecule has 2 rings (SSSR count). The molecule has 1 aromatic rings. The molecule has 1 aromatic carbocycles. The van der Waals surface area contributed by atoms with Crippen molar-refractivity contribution in [2.45, 2.75) is 39.7 Å². The Morgan fingerprint density at radius 1 is 0.879 bits per heavy atom. The van der Waals surface area contributed by atoms with Gasteiger partial charge in [0.25, 0.3) is 11.8 Å². The van der Waals surface area contributed by atoms with E-state index < -0.39 is 29.3 Å². The van der Waals surface area contributed by atoms with E-state index in [2.05, 4.69) is 4.90 Å². The molecule has 0 N–H and O–H groups in total. The summed E-state index contributed by atoms with van der Waals surface area (Å²) < 4.78 is 16.0. The molecule has 2 amide bonds. The van der Waals surface area contributed by atoms with Crippen molar-refractivity contribution in [3.63, 3.8) is 0 Å². The lowest BCUT2D eigenvalue weighted by molar-refractivity contribution is -0.172. The minimum atomic E-state index is -2.27. The molecule has 1 aliphatic rings. The van der Waals surface area contributed by atoms with Crippen LogP contribution in [-0.2, 0) is 23.8 Å². The minimum absolute atomic E-state index is 0. The van der Waals surface area contributed by atoms with Gasteiger partial charge in [0.15, 0.2) is 0 Å². The van der Waals surface area contributed by atoms with Crippen LogP contribution < -0.4 is 0 Å². The number of imide groups is 1. The molecule has 0 unspecified atom stereocenters. The van der Waals surface area contributed by atoms with Crippen LogP contribution in [0, 0.1) is 0 Å². The first-order chi connectivity index (χ1) is 15.4. The van der Waals surface area contributed by atoms with Gasteiger partial charge in [-0.25, -0.2) is 14.5 Å². The standard InChI is InChI=1S/C23H32N2O7.ClH/c1-5-24(6-2)14-16-30-15-13-23(21(28)31-7-3,22(29)32-8-4)25-19(26)17-11-9-10-12-18(17)20(25)27;/h9-12H,5-8,13-16H2,1-4H3;1H. The highest BCUT2D eigenvalue weighted by Gasteiger charge is 2.60. The van der Waals surface area contributed by atoms with E-state index in [0.29, 0.717) is 18.1 Å². The van der Waals surface area contributed by atoms with Gasteiger partial charge in [-0.15, -0.1) is 12.4 Å². The Labute approximate surface area is 200 Å². The summed E-state index contributed by atoms with van der Waals surface area (Å²) in [5, 5.41) is 0. The lowest BCUT2D eigenvalue weighted by Gasteiger charge is -2.35. The van der Waals surface area contributed by atoms with E-state index in [1.165, 1.54) is 12.1 Å². The zero-order chi connectivity index (χ0) is 23.7. The molecular formula is C23H33ClN2O7. The van der Waals surface area contributed by atoms with Gasteiger partial charge in [0, 0.05) is 13.0 Å². The molecular weight excluding hydrogens is 452 g/mol. The van der Waals surface area contributed by atoms with Gasteiger partial charge >= 0.3 is 11.9 Å². The summed E-state index contributed by atoms with van der Waals surface area (Å²) in [6, 6.07) is 6.19. The van der Waals surface area contributed by atoms with Crippen LogP contribution in [0.5, 0.6) is 0 Å². The van der Waals surface area contributed by atoms with E-state index in [1.807, 2.05) is 13.8 Å². The number of nitrogens with zero attached hydrogens (tertiary/aromatic N) is 2. The first-order valence-corrected chi connectivity index (χ1v) is 11.0. The minimum Gasteiger partial charge on any atom is -0.464 e. The summed E-state index contributed by atoms with van der Waals surface area (Å²) in [6.07, 6.45) is -0.269. The van der Waals surface area contributed by atoms with Crippen molar-refractivity contribution in [2.75, 3.05) is 46.1 Å². The van der Waals surface area contributed by atoms with Crippen LogP contribution in [0.4, 0.5) is 0 Å². The molecule has 0 fully saturated rings. The molecule has 0 bridgehead atoms. The average molecular weight is 485 g/mol. The highest BCUT2D eigenvalue weighted by Crippen LogP contribution is 2.34. The Hall–Kier alpha value is -2.49. The van der Waals surface area contributed by atoms with Gasteiger partial charge in [0.1, 0.15) is 0 Å². The van der Waals surface area contributed by atoms with Gasteiger partial charge < -0.3 is 19.1 Å². The van der Waals surface area contributed by atoms with Gasteiger partial charge in [-0.3, -0.25) is 9.59 Å². The number of esters is 2. The Morgan fingerprint density at radius 3 is 1.79 bits per heavy atom. The largest absolute Gasteiger partial charge is 0.464 e. The van der Waals surface area contributed by atoms with E-state index >= 15 is 0 Å². The molecule has 9 nitrogen and oxygen atoms in total. The van der Waals surface area contributed by atoms with Crippen LogP contribution in [0.3, 0.4) is 0 Å². The van der Waals surface area contributed by atoms with Crippen LogP contribution in [0.1, 0.15) is 54.8 Å². The number of halogens is 1. The van der Waals surface area contributed by atoms with Crippen molar-refractivity contribution in [1.82, 2.24) is 9.80 Å². The fourth-order valence-electron chi connectivity index (χ4n) is 3.67. The second-order valence-electron chi connectivity index (χ2n) is 7.18. The fraction of sp³-hybridized carbons (Fsp3) is 0.565. The lowest BCUT2D eigenvalue weighted by atomic mass is 9.92. The lowest BCUT2D eigenvalue weighted by Crippen LogP contribution is -2.64. The molecule has 184 valence electrons. The summed E-state index contributed by atoms with van der Waals surface area (Å²) in [7, 11) is 0. The van der Waals surface area contributed by atoms with Crippen molar-refractivity contribution in [1.29, 1.82) is 0 Å². The van der Waals surface area contributed by atoms with Crippen molar-refractivity contribution >= 4 is 36.2 Å². The van der Waals surface area contributed by atoms with Crippen LogP contribution in [-0.4, -0.2) is 85.2 Å². The predicted octanol–water partition coefficient (Wildman–Crippen LogP) is 2.32. The number of likely N-dealkylation sites (N-methyl/N-ethyl adjacent to an activating group) is 1. The Bertz CT molecular complexity index is 789. The maximum absolute atomic E-state index is 13.2. The Kier molecular flexibility index (Phi) is 11.5. The van der Waals surface area contributed by atoms with E-state index in [4.69, 9.17) is 14.2 Å². The monoisotopic (exact) mass is 484 g/mol. The zero-order valence-corrected chi connectivity index (χ0v) is 20.4. The van der Waals surface area contributed by atoms with Crippen molar-refractivity contribution in [3.8, 4) is 0 Å². The Morgan fingerprint density at radius 2 is 1.36 bits per heavy atom. The molecule has 0 radical (unpaired) electrons. The predicted molar refractivity (Wildman–Crippen MR) is 123 cm³/mol. The molecule has 1 heterocycles. The normalized spacial score (nSPS) is 13.1. The molecule has 1 aliphatic heterocycles. The SMILES string of the molecule is CCOC(=O)C(CCOCCN(CC)CC)(C(=O)OCC)N1C(=O)c2ccccc2C1=O.Cl. The molecule has 0 saturated heterocycles. The number of hydrogen-bond acceptors (Lipinski definition) is 8. The van der Waals surface area contributed by atoms with E-state index in [9.17, 15) is 19.2 Å². The molecule has 0 atom stereocenters. The average Bonchev–Trinajstić information content (AvgIpc) is 3.05. The summed E-state index contributed by atoms with van der Waals surface area (Å²) in [5.41, 5.74) is -2.02. The molecule has 0 aromatic heterocycles. The van der Waals surface area contributed by atoms with Gasteiger partial charge in [0.2, 0.25) is 5.54 Å². The van der Waals surface area contributed by atoms with Crippen molar-refractivity contribution in [3.05, 3.63) is 35.4 Å². The summed E-state index contributed by atoms with van der Waals surface area (Å²) >= 11 is 0. The van der Waals surface area contributed by atoms with Gasteiger partial charge in [-0.05, 0) is 39.1 Å². The summed E-state index contributed by atoms with van der Waals surface area (Å²) in [5.74, 6) is -3.51. The second kappa shape index (κ2) is 13.3. The number of carbonyl (C=O) groups excluding carboxylic acids is 4. The maximum atomic E-state index is 13.2. The first-order valence-electron chi connectivity index (χ1n) is 11.0. The number of amides is 2. The number of benzene rings is 1. The highest BCUT2D eigenvalue weighted by molar-refractivity contribution is 6.26. The van der Waals surface area contributed by atoms with Crippen LogP contribution in [0.15, 0.2) is 24.3 Å². The Balaban J connectivity index is 0.00000544. The molecule has 0 saturated carbocycles. The van der Waals surface area contributed by atoms with Crippen LogP contribution >= 0.6 is 12.4 Å². The van der Waals surface area contributed by atoms with E-state index in [-0.39, 0.29) is 49.8 Å². The number of carbonyl (C=O) groups is 4. The number of rotatable bonds is 13. The second-order valence-corrected chi connectivity index (χ2v) is 7.18. The number of fused-ring (bicyclic) bond motifs is 1. The smallest absolute Gasteiger partial charge is 0.344 e. The van der Waals surface area contributed by atoms with Gasteiger partial charge in [-0.1, -0.05) is 26.0 Å². The quantitative estimate of drug-likeness (QED) is 0.182. The van der Waals surface area contributed by atoms with Gasteiger partial charge in [-0.2, -0.15) is 0 Å². The molecule has 0 spiro atoms. The molecule has 0 aliphatic carbocycles. The fourth-order valence-corrected chi connectivity index (χ4v) is 3.67. The third kappa shape index (κ3) is 5.90. The van der Waals surface area contributed by atoms with Crippen molar-refractivity contribution < 1.29 is 33.4 Å². The number of hydrogen-bond donors (Lipinski definition) is 0. The van der Waals surface area contributed by atoms with Gasteiger partial charge in [0.05, 0.1) is 37.6 Å². The molecule has 10 heteroatoms. The third-order valence-electron chi connectivity index (χ3n) is 5.46. The topological polar surface area (TPSA) is 102 Å². The summed E-state index contributed by atoms with van der Waals surface area (Å²) in [6.45, 7) is 9.89. The molecule has 33 heavy (non-hydrogen) atoms. The van der Waals surface area contributed by atoms with Crippen LogP contribution in [0.2, 0.25) is 0 Å². The summed E-state index contributed by atoms with van der Waals surface area (Å²) in [4.78, 5) is 55.5. The first kappa shape index (κ1) is 28.5. The maximum Gasteiger partial charge on any atom is 0.344 e. The van der Waals surface area contributed by atoms with E-state index in [0.717, 1.165) is 13.1 Å². The van der Waals surface area contributed by atoms with Crippen LogP contribution in [0.25, 0.3) is 0 Å². The number of ether oxygens (including phenoxy) is 3.